The number of fused-ring (bicyclic) bond motifs is 1. The highest BCUT2D eigenvalue weighted by Gasteiger charge is 2.34. The number of aryl methyl sites for hydroxylation is 2. The van der Waals surface area contributed by atoms with Crippen LogP contribution in [0.15, 0.2) is 38.7 Å². The Balaban J connectivity index is 2.06. The minimum absolute atomic E-state index is 0.0644. The van der Waals surface area contributed by atoms with Crippen molar-refractivity contribution in [1.29, 1.82) is 0 Å². The van der Waals surface area contributed by atoms with E-state index in [0.29, 0.717) is 11.3 Å². The predicted octanol–water partition coefficient (Wildman–Crippen LogP) is 1.08. The van der Waals surface area contributed by atoms with Crippen LogP contribution in [0, 0.1) is 13.8 Å². The van der Waals surface area contributed by atoms with E-state index >= 15 is 0 Å². The fourth-order valence-corrected chi connectivity index (χ4v) is 3.08. The summed E-state index contributed by atoms with van der Waals surface area (Å²) < 4.78 is 10.0. The lowest BCUT2D eigenvalue weighted by Gasteiger charge is -2.16. The summed E-state index contributed by atoms with van der Waals surface area (Å²) in [5, 5.41) is 12.9. The van der Waals surface area contributed by atoms with Gasteiger partial charge in [-0.05, 0) is 37.1 Å². The number of amides is 1. The van der Waals surface area contributed by atoms with Crippen molar-refractivity contribution < 1.29 is 23.8 Å². The van der Waals surface area contributed by atoms with Crippen LogP contribution in [0.2, 0.25) is 0 Å². The van der Waals surface area contributed by atoms with Crippen LogP contribution in [0.3, 0.4) is 0 Å². The first-order valence-corrected chi connectivity index (χ1v) is 8.39. The molecule has 0 saturated heterocycles. The molecule has 2 N–H and O–H groups in total. The molecule has 1 aliphatic rings. The molecule has 0 atom stereocenters. The van der Waals surface area contributed by atoms with Gasteiger partial charge in [0.15, 0.2) is 0 Å². The second-order valence-corrected chi connectivity index (χ2v) is 6.33. The van der Waals surface area contributed by atoms with Crippen molar-refractivity contribution >= 4 is 28.5 Å². The molecule has 0 spiro atoms. The van der Waals surface area contributed by atoms with Gasteiger partial charge in [0.2, 0.25) is 0 Å². The monoisotopic (exact) mass is 372 g/mol. The Hall–Kier alpha value is -3.13. The first kappa shape index (κ1) is 18.7. The van der Waals surface area contributed by atoms with Gasteiger partial charge in [0.05, 0.1) is 25.8 Å². The van der Waals surface area contributed by atoms with Crippen LogP contribution in [0.25, 0.3) is 11.0 Å². The maximum Gasteiger partial charge on any atom is 0.337 e. The topological polar surface area (TPSA) is 109 Å². The minimum Gasteiger partial charge on any atom is -0.466 e. The highest BCUT2D eigenvalue weighted by molar-refractivity contribution is 6.08. The molecule has 1 aromatic carbocycles. The highest BCUT2D eigenvalue weighted by atomic mass is 16.5. The molecule has 0 saturated carbocycles. The van der Waals surface area contributed by atoms with Crippen LogP contribution in [0.1, 0.15) is 11.1 Å². The van der Waals surface area contributed by atoms with Crippen molar-refractivity contribution in [2.45, 2.75) is 13.8 Å². The molecule has 1 aliphatic heterocycles. The molecule has 8 nitrogen and oxygen atoms in total. The van der Waals surface area contributed by atoms with E-state index in [-0.39, 0.29) is 36.9 Å². The van der Waals surface area contributed by atoms with Gasteiger partial charge in [0.1, 0.15) is 11.3 Å². The maximum atomic E-state index is 12.6. The lowest BCUT2D eigenvalue weighted by Crippen LogP contribution is -2.31. The lowest BCUT2D eigenvalue weighted by molar-refractivity contribution is -0.136. The van der Waals surface area contributed by atoms with Gasteiger partial charge in [0, 0.05) is 23.7 Å². The van der Waals surface area contributed by atoms with Crippen molar-refractivity contribution in [3.63, 3.8) is 0 Å². The van der Waals surface area contributed by atoms with Crippen molar-refractivity contribution in [1.82, 2.24) is 4.90 Å². The molecule has 2 heterocycles. The standard InChI is InChI=1S/C19H20N2O6/c1-10-7-16(23)27-15-6-11(2)14(8-12(10)15)20-17-13(19(25)26-3)9-21(4-5-22)18(17)24/h6-8,20,22H,4-5,9H2,1-3H3. The largest absolute Gasteiger partial charge is 0.466 e. The molecule has 27 heavy (non-hydrogen) atoms. The van der Waals surface area contributed by atoms with Crippen molar-refractivity contribution in [3.05, 3.63) is 51.0 Å². The molecular weight excluding hydrogens is 352 g/mol. The molecule has 8 heteroatoms. The summed E-state index contributed by atoms with van der Waals surface area (Å²) in [6.07, 6.45) is 0. The number of benzene rings is 1. The average molecular weight is 372 g/mol. The van der Waals surface area contributed by atoms with E-state index in [2.05, 4.69) is 5.32 Å². The van der Waals surface area contributed by atoms with Crippen molar-refractivity contribution in [2.24, 2.45) is 0 Å². The fraction of sp³-hybridized carbons (Fsp3) is 0.316. The third-order valence-electron chi connectivity index (χ3n) is 4.51. The number of rotatable bonds is 5. The Labute approximate surface area is 155 Å². The molecule has 142 valence electrons. The van der Waals surface area contributed by atoms with Crippen LogP contribution in [-0.4, -0.2) is 48.7 Å². The summed E-state index contributed by atoms with van der Waals surface area (Å²) in [4.78, 5) is 37.7. The number of anilines is 1. The Morgan fingerprint density at radius 2 is 2.00 bits per heavy atom. The second-order valence-electron chi connectivity index (χ2n) is 6.33. The zero-order valence-electron chi connectivity index (χ0n) is 15.3. The molecule has 3 rings (SSSR count). The highest BCUT2D eigenvalue weighted by Crippen LogP contribution is 2.29. The summed E-state index contributed by atoms with van der Waals surface area (Å²) in [5.74, 6) is -0.993. The number of aliphatic hydroxyl groups excluding tert-OH is 1. The summed E-state index contributed by atoms with van der Waals surface area (Å²) in [6.45, 7) is 3.57. The van der Waals surface area contributed by atoms with Gasteiger partial charge in [0.25, 0.3) is 5.91 Å². The number of carbonyl (C=O) groups excluding carboxylic acids is 2. The van der Waals surface area contributed by atoms with Crippen LogP contribution in [0.4, 0.5) is 5.69 Å². The van der Waals surface area contributed by atoms with Gasteiger partial charge in [-0.1, -0.05) is 0 Å². The van der Waals surface area contributed by atoms with Gasteiger partial charge in [-0.15, -0.1) is 0 Å². The van der Waals surface area contributed by atoms with Gasteiger partial charge < -0.3 is 24.5 Å². The van der Waals surface area contributed by atoms with Gasteiger partial charge in [-0.2, -0.15) is 0 Å². The van der Waals surface area contributed by atoms with E-state index in [1.165, 1.54) is 18.1 Å². The van der Waals surface area contributed by atoms with Crippen LogP contribution in [-0.2, 0) is 14.3 Å². The summed E-state index contributed by atoms with van der Waals surface area (Å²) in [5.41, 5.74) is 2.42. The Kier molecular flexibility index (Phi) is 5.00. The summed E-state index contributed by atoms with van der Waals surface area (Å²) in [7, 11) is 1.25. The molecule has 0 unspecified atom stereocenters. The second kappa shape index (κ2) is 7.24. The zero-order chi connectivity index (χ0) is 19.7. The fourth-order valence-electron chi connectivity index (χ4n) is 3.08. The van der Waals surface area contributed by atoms with Crippen LogP contribution in [0.5, 0.6) is 0 Å². The van der Waals surface area contributed by atoms with E-state index in [1.54, 1.807) is 26.0 Å². The van der Waals surface area contributed by atoms with Crippen molar-refractivity contribution in [3.8, 4) is 0 Å². The maximum absolute atomic E-state index is 12.6. The molecule has 2 aromatic rings. The number of carbonyl (C=O) groups is 2. The number of nitrogens with one attached hydrogen (secondary N) is 1. The van der Waals surface area contributed by atoms with Crippen molar-refractivity contribution in [2.75, 3.05) is 32.1 Å². The number of hydrogen-bond donors (Lipinski definition) is 2. The van der Waals surface area contributed by atoms with Gasteiger partial charge in [-0.25, -0.2) is 9.59 Å². The minimum atomic E-state index is -0.605. The van der Waals surface area contributed by atoms with Crippen LogP contribution < -0.4 is 10.9 Å². The normalized spacial score (nSPS) is 14.2. The van der Waals surface area contributed by atoms with Gasteiger partial charge >= 0.3 is 11.6 Å². The Morgan fingerprint density at radius 1 is 1.26 bits per heavy atom. The lowest BCUT2D eigenvalue weighted by atomic mass is 10.1. The summed E-state index contributed by atoms with van der Waals surface area (Å²) >= 11 is 0. The van der Waals surface area contributed by atoms with E-state index < -0.39 is 11.6 Å². The number of esters is 1. The molecule has 0 fully saturated rings. The van der Waals surface area contributed by atoms with E-state index in [1.807, 2.05) is 0 Å². The van der Waals surface area contributed by atoms with E-state index in [4.69, 9.17) is 14.3 Å². The number of aliphatic hydroxyl groups is 1. The molecular formula is C19H20N2O6. The molecule has 0 radical (unpaired) electrons. The zero-order valence-corrected chi connectivity index (χ0v) is 15.3. The third kappa shape index (κ3) is 3.43. The van der Waals surface area contributed by atoms with Crippen LogP contribution >= 0.6 is 0 Å². The van der Waals surface area contributed by atoms with Gasteiger partial charge in [-0.3, -0.25) is 4.79 Å². The predicted molar refractivity (Wildman–Crippen MR) is 98.3 cm³/mol. The number of β-amino-alcohol motifs (C(OH)–C–C–N with tert-alkyl or cyclic N) is 1. The first-order chi connectivity index (χ1) is 12.8. The van der Waals surface area contributed by atoms with E-state index in [0.717, 1.165) is 16.5 Å². The molecule has 0 aliphatic carbocycles. The Morgan fingerprint density at radius 3 is 2.67 bits per heavy atom. The quantitative estimate of drug-likeness (QED) is 0.597. The molecule has 1 amide bonds. The molecule has 1 aromatic heterocycles. The number of hydrogen-bond acceptors (Lipinski definition) is 7. The number of methoxy groups -OCH3 is 1. The summed E-state index contributed by atoms with van der Waals surface area (Å²) in [6, 6.07) is 4.87. The number of nitrogens with zero attached hydrogens (tertiary/aromatic N) is 1. The third-order valence-corrected chi connectivity index (χ3v) is 4.51. The molecule has 0 bridgehead atoms. The van der Waals surface area contributed by atoms with E-state index in [9.17, 15) is 14.4 Å². The first-order valence-electron chi connectivity index (χ1n) is 8.39. The Bertz CT molecular complexity index is 1020. The smallest absolute Gasteiger partial charge is 0.337 e. The SMILES string of the molecule is COC(=O)C1=C(Nc2cc3c(C)cc(=O)oc3cc2C)C(=O)N(CCO)C1. The average Bonchev–Trinajstić information content (AvgIpc) is 2.92. The number of ether oxygens (including phenoxy) is 1.